The Morgan fingerprint density at radius 3 is 2.46 bits per heavy atom. The number of nitrogens with one attached hydrogen (secondary N) is 1. The zero-order valence-electron chi connectivity index (χ0n) is 20.2. The number of hydrogen-bond donors (Lipinski definition) is 2. The highest BCUT2D eigenvalue weighted by Gasteiger charge is 2.41. The number of aryl methyl sites for hydroxylation is 2. The number of anilines is 1. The van der Waals surface area contributed by atoms with E-state index in [0.29, 0.717) is 30.9 Å². The van der Waals surface area contributed by atoms with Crippen molar-refractivity contribution in [1.29, 1.82) is 0 Å². The van der Waals surface area contributed by atoms with E-state index in [4.69, 9.17) is 10.5 Å². The van der Waals surface area contributed by atoms with Crippen LogP contribution in [0.15, 0.2) is 44.2 Å². The molecule has 13 nitrogen and oxygen atoms in total. The molecule has 1 saturated heterocycles. The van der Waals surface area contributed by atoms with Crippen LogP contribution < -0.4 is 11.1 Å². The number of sulfone groups is 1. The van der Waals surface area contributed by atoms with Gasteiger partial charge in [0, 0.05) is 17.5 Å². The van der Waals surface area contributed by atoms with Gasteiger partial charge in [0.05, 0.1) is 26.6 Å². The summed E-state index contributed by atoms with van der Waals surface area (Å²) in [5.74, 6) is 0. The first-order valence-electron chi connectivity index (χ1n) is 11.2. The van der Waals surface area contributed by atoms with E-state index < -0.39 is 36.8 Å². The number of nitrogens with zero attached hydrogens (tertiary/aromatic N) is 4. The van der Waals surface area contributed by atoms with E-state index in [0.717, 1.165) is 28.1 Å². The molecule has 0 saturated carbocycles. The molecule has 1 fully saturated rings. The maximum Gasteiger partial charge on any atom is 0.312 e. The summed E-state index contributed by atoms with van der Waals surface area (Å²) in [6, 6.07) is 3.77. The molecule has 3 N–H and O–H groups in total. The predicted octanol–water partition coefficient (Wildman–Crippen LogP) is 1.41. The number of sulfonamides is 1. The summed E-state index contributed by atoms with van der Waals surface area (Å²) in [4.78, 5) is 19.7. The van der Waals surface area contributed by atoms with Gasteiger partial charge in [0.15, 0.2) is 19.8 Å². The molecule has 1 atom stereocenters. The SMILES string of the molecule is Cc1nc(C)c(S(=O)(=O)N2C=C([N+](=O)[O-])C(c3cc(S(C)(=O)=O)ccc3N)=NC2OC2CCNCC2)s1. The molecule has 3 heterocycles. The monoisotopic (exact) mass is 570 g/mol. The molecule has 1 aromatic heterocycles. The molecule has 0 radical (unpaired) electrons. The van der Waals surface area contributed by atoms with E-state index in [1.807, 2.05) is 0 Å². The second kappa shape index (κ2) is 10.1. The van der Waals surface area contributed by atoms with Crippen LogP contribution in [0.2, 0.25) is 0 Å². The lowest BCUT2D eigenvalue weighted by atomic mass is 10.0. The first-order valence-corrected chi connectivity index (χ1v) is 15.3. The Morgan fingerprint density at radius 2 is 1.89 bits per heavy atom. The third-order valence-corrected chi connectivity index (χ3v) is 10.3. The maximum absolute atomic E-state index is 13.7. The lowest BCUT2D eigenvalue weighted by Gasteiger charge is -2.33. The Bertz CT molecular complexity index is 1510. The highest BCUT2D eigenvalue weighted by molar-refractivity contribution is 7.91. The quantitative estimate of drug-likeness (QED) is 0.280. The number of nitrogen functional groups attached to an aromatic ring is 1. The van der Waals surface area contributed by atoms with Gasteiger partial charge in [0.2, 0.25) is 6.35 Å². The molecule has 1 aromatic carbocycles. The summed E-state index contributed by atoms with van der Waals surface area (Å²) in [7, 11) is -8.03. The van der Waals surface area contributed by atoms with E-state index in [2.05, 4.69) is 15.3 Å². The van der Waals surface area contributed by atoms with Gasteiger partial charge in [-0.3, -0.25) is 10.1 Å². The fraction of sp³-hybridized carbons (Fsp3) is 0.429. The Kier molecular flexibility index (Phi) is 7.40. The normalized spacial score (nSPS) is 19.4. The number of nitro groups is 1. The van der Waals surface area contributed by atoms with Crippen molar-refractivity contribution in [2.45, 2.75) is 48.2 Å². The van der Waals surface area contributed by atoms with Crippen molar-refractivity contribution in [2.24, 2.45) is 4.99 Å². The molecule has 37 heavy (non-hydrogen) atoms. The third-order valence-electron chi connectivity index (χ3n) is 5.83. The number of aromatic nitrogens is 1. The molecule has 0 spiro atoms. The highest BCUT2D eigenvalue weighted by Crippen LogP contribution is 2.33. The van der Waals surface area contributed by atoms with Gasteiger partial charge >= 0.3 is 5.70 Å². The first-order chi connectivity index (χ1) is 17.3. The van der Waals surface area contributed by atoms with Crippen LogP contribution in [0.3, 0.4) is 0 Å². The molecule has 0 aliphatic carbocycles. The second-order valence-corrected chi connectivity index (χ2v) is 13.9. The lowest BCUT2D eigenvalue weighted by molar-refractivity contribution is -0.416. The minimum atomic E-state index is -4.35. The summed E-state index contributed by atoms with van der Waals surface area (Å²) in [6.07, 6.45) is 1.13. The fourth-order valence-corrected chi connectivity index (χ4v) is 7.54. The van der Waals surface area contributed by atoms with Crippen molar-refractivity contribution in [3.05, 3.63) is 56.5 Å². The zero-order valence-corrected chi connectivity index (χ0v) is 22.7. The van der Waals surface area contributed by atoms with Gasteiger partial charge in [-0.15, -0.1) is 11.3 Å². The number of allylic oxidation sites excluding steroid dienone is 1. The molecule has 0 amide bonds. The Morgan fingerprint density at radius 1 is 1.22 bits per heavy atom. The van der Waals surface area contributed by atoms with Gasteiger partial charge in [-0.25, -0.2) is 22.7 Å². The van der Waals surface area contributed by atoms with Gasteiger partial charge in [-0.1, -0.05) is 0 Å². The minimum Gasteiger partial charge on any atom is -0.398 e. The van der Waals surface area contributed by atoms with E-state index in [1.165, 1.54) is 25.1 Å². The second-order valence-electron chi connectivity index (χ2n) is 8.62. The van der Waals surface area contributed by atoms with Crippen molar-refractivity contribution in [3.63, 3.8) is 0 Å². The topological polar surface area (TPSA) is 187 Å². The van der Waals surface area contributed by atoms with Gasteiger partial charge in [0.25, 0.3) is 10.0 Å². The van der Waals surface area contributed by atoms with E-state index in [9.17, 15) is 26.9 Å². The first kappa shape index (κ1) is 27.1. The van der Waals surface area contributed by atoms with E-state index in [-0.39, 0.29) is 37.9 Å². The highest BCUT2D eigenvalue weighted by atomic mass is 32.2. The van der Waals surface area contributed by atoms with Crippen LogP contribution in [0.5, 0.6) is 0 Å². The zero-order chi connectivity index (χ0) is 27.1. The molecule has 2 aromatic rings. The molecule has 200 valence electrons. The number of benzene rings is 1. The molecule has 2 aliphatic rings. The van der Waals surface area contributed by atoms with E-state index >= 15 is 0 Å². The molecule has 0 bridgehead atoms. The molecule has 2 aliphatic heterocycles. The largest absolute Gasteiger partial charge is 0.398 e. The number of nitrogens with two attached hydrogens (primary N) is 1. The minimum absolute atomic E-state index is 0.0216. The lowest BCUT2D eigenvalue weighted by Crippen LogP contribution is -2.45. The number of aliphatic imine (C=N–C) groups is 1. The Labute approximate surface area is 218 Å². The van der Waals surface area contributed by atoms with Crippen molar-refractivity contribution in [2.75, 3.05) is 25.1 Å². The number of hydrogen-bond acceptors (Lipinski definition) is 12. The van der Waals surface area contributed by atoms with E-state index in [1.54, 1.807) is 6.92 Å². The summed E-state index contributed by atoms with van der Waals surface area (Å²) in [6.45, 7) is 4.48. The van der Waals surface area contributed by atoms with Gasteiger partial charge in [0.1, 0.15) is 6.20 Å². The van der Waals surface area contributed by atoms with Crippen LogP contribution >= 0.6 is 11.3 Å². The van der Waals surface area contributed by atoms with Crippen molar-refractivity contribution < 1.29 is 26.5 Å². The van der Waals surface area contributed by atoms with Crippen LogP contribution in [-0.2, 0) is 24.6 Å². The number of rotatable bonds is 7. The van der Waals surface area contributed by atoms with Crippen molar-refractivity contribution >= 4 is 42.6 Å². The molecule has 1 unspecified atom stereocenters. The Hall–Kier alpha value is -2.92. The number of piperidine rings is 1. The molecule has 16 heteroatoms. The van der Waals surface area contributed by atoms with Gasteiger partial charge < -0.3 is 15.8 Å². The standard InChI is InChI=1S/C21H26N6O7S3/c1-12-20(35-13(2)24-12)37(32,33)26-11-18(27(28)29)19(25-21(26)34-14-6-8-23-9-7-14)16-10-15(36(3,30)31)4-5-17(16)22/h4-5,10-11,14,21,23H,6-9,22H2,1-3H3. The average Bonchev–Trinajstić information content (AvgIpc) is 3.17. The van der Waals surface area contributed by atoms with Crippen molar-refractivity contribution in [1.82, 2.24) is 14.6 Å². The predicted molar refractivity (Wildman–Crippen MR) is 137 cm³/mol. The van der Waals surface area contributed by atoms with Crippen LogP contribution in [-0.4, -0.2) is 68.6 Å². The van der Waals surface area contributed by atoms with Crippen LogP contribution in [0.4, 0.5) is 5.69 Å². The average molecular weight is 571 g/mol. The third kappa shape index (κ3) is 5.52. The fourth-order valence-electron chi connectivity index (χ4n) is 4.02. The smallest absolute Gasteiger partial charge is 0.312 e. The summed E-state index contributed by atoms with van der Waals surface area (Å²) in [5, 5.41) is 15.8. The molecular weight excluding hydrogens is 544 g/mol. The molecular formula is C21H26N6O7S3. The molecule has 4 rings (SSSR count). The summed E-state index contributed by atoms with van der Waals surface area (Å²) in [5.41, 5.74) is 5.38. The summed E-state index contributed by atoms with van der Waals surface area (Å²) >= 11 is 0.936. The van der Waals surface area contributed by atoms with Gasteiger partial charge in [-0.05, 0) is 58.0 Å². The summed E-state index contributed by atoms with van der Waals surface area (Å²) < 4.78 is 58.4. The number of thiazole rings is 1. The number of ether oxygens (including phenoxy) is 1. The maximum atomic E-state index is 13.7. The van der Waals surface area contributed by atoms with Crippen LogP contribution in [0.1, 0.15) is 29.1 Å². The van der Waals surface area contributed by atoms with Gasteiger partial charge in [-0.2, -0.15) is 8.42 Å². The Balaban J connectivity index is 1.89. The van der Waals surface area contributed by atoms with Crippen LogP contribution in [0, 0.1) is 24.0 Å². The van der Waals surface area contributed by atoms with Crippen LogP contribution in [0.25, 0.3) is 0 Å². The van der Waals surface area contributed by atoms with Crippen molar-refractivity contribution in [3.8, 4) is 0 Å².